The number of hydrogen-bond acceptors (Lipinski definition) is 1. The Bertz CT molecular complexity index is 371. The van der Waals surface area contributed by atoms with Crippen LogP contribution >= 0.6 is 0 Å². The Kier molecular flexibility index (Phi) is 5.04. The first-order valence-corrected chi connectivity index (χ1v) is 7.89. The maximum absolute atomic E-state index is 3.66. The second kappa shape index (κ2) is 6.56. The van der Waals surface area contributed by atoms with Crippen molar-refractivity contribution < 1.29 is 0 Å². The second-order valence-corrected chi connectivity index (χ2v) is 6.87. The van der Waals surface area contributed by atoms with Crippen molar-refractivity contribution >= 4 is 0 Å². The maximum atomic E-state index is 3.66. The molecule has 0 bridgehead atoms. The third-order valence-corrected chi connectivity index (χ3v) is 4.59. The van der Waals surface area contributed by atoms with Crippen molar-refractivity contribution in [2.45, 2.75) is 65.3 Å². The molecule has 0 spiro atoms. The standard InChI is InChI=1S/C18H29N/c1-15(2)17-9-7-16(8-10-17)13-19-14-18(3)11-5-4-6-12-18/h7-10,15,19H,4-6,11-14H2,1-3H3. The van der Waals surface area contributed by atoms with Gasteiger partial charge >= 0.3 is 0 Å². The molecule has 1 aliphatic rings. The van der Waals surface area contributed by atoms with Crippen molar-refractivity contribution in [1.82, 2.24) is 5.32 Å². The lowest BCUT2D eigenvalue weighted by molar-refractivity contribution is 0.207. The lowest BCUT2D eigenvalue weighted by atomic mass is 9.76. The molecule has 0 unspecified atom stereocenters. The Morgan fingerprint density at radius 1 is 1.05 bits per heavy atom. The minimum Gasteiger partial charge on any atom is -0.312 e. The topological polar surface area (TPSA) is 12.0 Å². The summed E-state index contributed by atoms with van der Waals surface area (Å²) >= 11 is 0. The first kappa shape index (κ1) is 14.6. The molecule has 0 saturated heterocycles. The quantitative estimate of drug-likeness (QED) is 0.795. The van der Waals surface area contributed by atoms with Crippen molar-refractivity contribution in [3.63, 3.8) is 0 Å². The molecule has 1 heteroatoms. The summed E-state index contributed by atoms with van der Waals surface area (Å²) in [6.07, 6.45) is 7.06. The molecule has 0 heterocycles. The van der Waals surface area contributed by atoms with Crippen molar-refractivity contribution in [3.05, 3.63) is 35.4 Å². The highest BCUT2D eigenvalue weighted by atomic mass is 14.9. The molecule has 0 atom stereocenters. The van der Waals surface area contributed by atoms with E-state index in [0.29, 0.717) is 11.3 Å². The summed E-state index contributed by atoms with van der Waals surface area (Å²) < 4.78 is 0. The van der Waals surface area contributed by atoms with Gasteiger partial charge in [-0.05, 0) is 35.3 Å². The highest BCUT2D eigenvalue weighted by molar-refractivity contribution is 5.24. The predicted octanol–water partition coefficient (Wildman–Crippen LogP) is 4.87. The molecule has 106 valence electrons. The molecular weight excluding hydrogens is 230 g/mol. The number of nitrogens with one attached hydrogen (secondary N) is 1. The van der Waals surface area contributed by atoms with E-state index in [-0.39, 0.29) is 0 Å². The fourth-order valence-electron chi connectivity index (χ4n) is 3.11. The molecule has 1 nitrogen and oxygen atoms in total. The van der Waals surface area contributed by atoms with Gasteiger partial charge in [0.15, 0.2) is 0 Å². The molecule has 1 aromatic rings. The lowest BCUT2D eigenvalue weighted by Gasteiger charge is -2.33. The fourth-order valence-corrected chi connectivity index (χ4v) is 3.11. The zero-order valence-corrected chi connectivity index (χ0v) is 12.8. The van der Waals surface area contributed by atoms with Crippen LogP contribution in [-0.2, 0) is 6.54 Å². The molecule has 2 rings (SSSR count). The third kappa shape index (κ3) is 4.35. The Labute approximate surface area is 118 Å². The second-order valence-electron chi connectivity index (χ2n) is 6.87. The van der Waals surface area contributed by atoms with Crippen LogP contribution in [0.1, 0.15) is 69.9 Å². The van der Waals surface area contributed by atoms with E-state index in [2.05, 4.69) is 50.4 Å². The van der Waals surface area contributed by atoms with Gasteiger partial charge in [-0.1, -0.05) is 64.3 Å². The summed E-state index contributed by atoms with van der Waals surface area (Å²) in [4.78, 5) is 0. The first-order chi connectivity index (χ1) is 9.09. The molecule has 1 fully saturated rings. The van der Waals surface area contributed by atoms with E-state index < -0.39 is 0 Å². The monoisotopic (exact) mass is 259 g/mol. The molecule has 0 amide bonds. The van der Waals surface area contributed by atoms with Gasteiger partial charge in [0.2, 0.25) is 0 Å². The van der Waals surface area contributed by atoms with Crippen LogP contribution in [0.15, 0.2) is 24.3 Å². The average molecular weight is 259 g/mol. The van der Waals surface area contributed by atoms with Crippen LogP contribution in [0.3, 0.4) is 0 Å². The Balaban J connectivity index is 1.79. The van der Waals surface area contributed by atoms with Gasteiger partial charge < -0.3 is 5.32 Å². The normalized spacial score (nSPS) is 18.7. The van der Waals surface area contributed by atoms with E-state index in [9.17, 15) is 0 Å². The minimum absolute atomic E-state index is 0.538. The molecule has 1 saturated carbocycles. The Morgan fingerprint density at radius 2 is 1.68 bits per heavy atom. The van der Waals surface area contributed by atoms with Gasteiger partial charge in [-0.2, -0.15) is 0 Å². The van der Waals surface area contributed by atoms with Crippen LogP contribution in [0, 0.1) is 5.41 Å². The van der Waals surface area contributed by atoms with Crippen LogP contribution in [0.5, 0.6) is 0 Å². The van der Waals surface area contributed by atoms with E-state index in [1.807, 2.05) is 0 Å². The summed E-state index contributed by atoms with van der Waals surface area (Å²) in [6.45, 7) is 9.11. The highest BCUT2D eigenvalue weighted by Gasteiger charge is 2.25. The van der Waals surface area contributed by atoms with Crippen molar-refractivity contribution in [2.75, 3.05) is 6.54 Å². The maximum Gasteiger partial charge on any atom is 0.0205 e. The van der Waals surface area contributed by atoms with Gasteiger partial charge in [-0.25, -0.2) is 0 Å². The van der Waals surface area contributed by atoms with Gasteiger partial charge in [-0.3, -0.25) is 0 Å². The zero-order valence-electron chi connectivity index (χ0n) is 12.8. The van der Waals surface area contributed by atoms with Crippen LogP contribution in [0.4, 0.5) is 0 Å². The van der Waals surface area contributed by atoms with Gasteiger partial charge in [0, 0.05) is 13.1 Å². The van der Waals surface area contributed by atoms with Gasteiger partial charge in [0.05, 0.1) is 0 Å². The highest BCUT2D eigenvalue weighted by Crippen LogP contribution is 2.34. The Hall–Kier alpha value is -0.820. The summed E-state index contributed by atoms with van der Waals surface area (Å²) in [6, 6.07) is 9.07. The smallest absolute Gasteiger partial charge is 0.0205 e. The van der Waals surface area contributed by atoms with E-state index in [1.165, 1.54) is 49.8 Å². The predicted molar refractivity (Wildman–Crippen MR) is 83.4 cm³/mol. The first-order valence-electron chi connectivity index (χ1n) is 7.89. The summed E-state index contributed by atoms with van der Waals surface area (Å²) in [7, 11) is 0. The number of hydrogen-bond donors (Lipinski definition) is 1. The SMILES string of the molecule is CC(C)c1ccc(CNCC2(C)CCCCC2)cc1. The van der Waals surface area contributed by atoms with Crippen LogP contribution < -0.4 is 5.32 Å². The van der Waals surface area contributed by atoms with Gasteiger partial charge in [0.25, 0.3) is 0 Å². The van der Waals surface area contributed by atoms with E-state index >= 15 is 0 Å². The molecule has 0 aromatic heterocycles. The van der Waals surface area contributed by atoms with Gasteiger partial charge in [-0.15, -0.1) is 0 Å². The molecular formula is C18H29N. The molecule has 19 heavy (non-hydrogen) atoms. The molecule has 1 N–H and O–H groups in total. The Morgan fingerprint density at radius 3 is 2.26 bits per heavy atom. The minimum atomic E-state index is 0.538. The summed E-state index contributed by atoms with van der Waals surface area (Å²) in [5.74, 6) is 0.628. The number of rotatable bonds is 5. The van der Waals surface area contributed by atoms with Crippen molar-refractivity contribution in [1.29, 1.82) is 0 Å². The molecule has 0 aliphatic heterocycles. The van der Waals surface area contributed by atoms with Gasteiger partial charge in [0.1, 0.15) is 0 Å². The largest absolute Gasteiger partial charge is 0.312 e. The zero-order chi connectivity index (χ0) is 13.7. The fraction of sp³-hybridized carbons (Fsp3) is 0.667. The van der Waals surface area contributed by atoms with Crippen LogP contribution in [0.25, 0.3) is 0 Å². The lowest BCUT2D eigenvalue weighted by Crippen LogP contribution is -2.33. The van der Waals surface area contributed by atoms with E-state index in [4.69, 9.17) is 0 Å². The average Bonchev–Trinajstić information content (AvgIpc) is 2.40. The van der Waals surface area contributed by atoms with E-state index in [0.717, 1.165) is 6.54 Å². The molecule has 1 aliphatic carbocycles. The summed E-state index contributed by atoms with van der Waals surface area (Å²) in [5.41, 5.74) is 3.38. The number of benzene rings is 1. The molecule has 0 radical (unpaired) electrons. The third-order valence-electron chi connectivity index (χ3n) is 4.59. The summed E-state index contributed by atoms with van der Waals surface area (Å²) in [5, 5.41) is 3.66. The molecule has 1 aromatic carbocycles. The van der Waals surface area contributed by atoms with Crippen molar-refractivity contribution in [2.24, 2.45) is 5.41 Å². The van der Waals surface area contributed by atoms with Crippen molar-refractivity contribution in [3.8, 4) is 0 Å². The van der Waals surface area contributed by atoms with Crippen LogP contribution in [-0.4, -0.2) is 6.54 Å². The van der Waals surface area contributed by atoms with E-state index in [1.54, 1.807) is 0 Å². The van der Waals surface area contributed by atoms with Crippen LogP contribution in [0.2, 0.25) is 0 Å².